The van der Waals surface area contributed by atoms with Crippen LogP contribution in [0.1, 0.15) is 37.4 Å². The van der Waals surface area contributed by atoms with Gasteiger partial charge in [0.1, 0.15) is 17.9 Å². The summed E-state index contributed by atoms with van der Waals surface area (Å²) in [4.78, 5) is 14.4. The van der Waals surface area contributed by atoms with Gasteiger partial charge in [-0.2, -0.15) is 0 Å². The molecule has 0 spiro atoms. The number of thioether (sulfide) groups is 1. The summed E-state index contributed by atoms with van der Waals surface area (Å²) in [6.45, 7) is 5.54. The van der Waals surface area contributed by atoms with Crippen LogP contribution in [-0.2, 0) is 14.8 Å². The second-order valence-electron chi connectivity index (χ2n) is 9.25. The standard InChI is InChI=1S/C27H30N2O4S2/c1-19-9-11-20(12-10-19)29(35(31,32)22-15-13-21(34-4)14-16-22)18-26(30)28-24-17-27(2,3)33-25-8-6-5-7-23(24)25/h5-16,24H,17-18H2,1-4H3,(H,28,30). The fourth-order valence-electron chi connectivity index (χ4n) is 4.20. The quantitative estimate of drug-likeness (QED) is 0.435. The number of carbonyl (C=O) groups is 1. The van der Waals surface area contributed by atoms with Crippen molar-refractivity contribution in [3.05, 3.63) is 83.9 Å². The van der Waals surface area contributed by atoms with Gasteiger partial charge in [-0.1, -0.05) is 35.9 Å². The summed E-state index contributed by atoms with van der Waals surface area (Å²) >= 11 is 1.54. The van der Waals surface area contributed by atoms with Gasteiger partial charge in [-0.15, -0.1) is 11.8 Å². The molecule has 3 aromatic carbocycles. The molecule has 0 aromatic heterocycles. The first-order valence-electron chi connectivity index (χ1n) is 11.4. The van der Waals surface area contributed by atoms with Crippen molar-refractivity contribution in [2.24, 2.45) is 0 Å². The molecule has 1 N–H and O–H groups in total. The van der Waals surface area contributed by atoms with E-state index in [0.29, 0.717) is 12.1 Å². The van der Waals surface area contributed by atoms with E-state index in [2.05, 4.69) is 5.32 Å². The number of benzene rings is 3. The smallest absolute Gasteiger partial charge is 0.264 e. The number of ether oxygens (including phenoxy) is 1. The minimum Gasteiger partial charge on any atom is -0.487 e. The number of para-hydroxylation sites is 1. The molecule has 3 aromatic rings. The number of hydrogen-bond donors (Lipinski definition) is 1. The molecule has 0 saturated heterocycles. The average molecular weight is 511 g/mol. The number of nitrogens with zero attached hydrogens (tertiary/aromatic N) is 1. The van der Waals surface area contributed by atoms with E-state index in [-0.39, 0.29) is 23.4 Å². The summed E-state index contributed by atoms with van der Waals surface area (Å²) in [6.07, 6.45) is 2.51. The zero-order valence-electron chi connectivity index (χ0n) is 20.3. The number of aryl methyl sites for hydroxylation is 1. The molecule has 6 nitrogen and oxygen atoms in total. The number of rotatable bonds is 7. The van der Waals surface area contributed by atoms with Crippen LogP contribution in [0.25, 0.3) is 0 Å². The van der Waals surface area contributed by atoms with Gasteiger partial charge in [0, 0.05) is 16.9 Å². The van der Waals surface area contributed by atoms with Crippen LogP contribution >= 0.6 is 11.8 Å². The Morgan fingerprint density at radius 2 is 1.71 bits per heavy atom. The van der Waals surface area contributed by atoms with E-state index >= 15 is 0 Å². The Bertz CT molecular complexity index is 1300. The van der Waals surface area contributed by atoms with E-state index in [1.807, 2.05) is 63.4 Å². The van der Waals surface area contributed by atoms with Crippen molar-refractivity contribution in [1.29, 1.82) is 0 Å². The number of nitrogens with one attached hydrogen (secondary N) is 1. The van der Waals surface area contributed by atoms with Gasteiger partial charge in [-0.05, 0) is 69.5 Å². The van der Waals surface area contributed by atoms with Crippen molar-refractivity contribution < 1.29 is 17.9 Å². The fraction of sp³-hybridized carbons (Fsp3) is 0.296. The van der Waals surface area contributed by atoms with Gasteiger partial charge in [-0.25, -0.2) is 8.42 Å². The van der Waals surface area contributed by atoms with Gasteiger partial charge in [0.25, 0.3) is 10.0 Å². The monoisotopic (exact) mass is 510 g/mol. The molecular weight excluding hydrogens is 480 g/mol. The SMILES string of the molecule is CSc1ccc(S(=O)(=O)N(CC(=O)NC2CC(C)(C)Oc3ccccc32)c2ccc(C)cc2)cc1. The fourth-order valence-corrected chi connectivity index (χ4v) is 6.03. The summed E-state index contributed by atoms with van der Waals surface area (Å²) in [5, 5.41) is 3.06. The summed E-state index contributed by atoms with van der Waals surface area (Å²) < 4.78 is 34.6. The van der Waals surface area contributed by atoms with Crippen molar-refractivity contribution in [2.75, 3.05) is 17.1 Å². The van der Waals surface area contributed by atoms with Gasteiger partial charge in [0.15, 0.2) is 0 Å². The highest BCUT2D eigenvalue weighted by Gasteiger charge is 2.35. The van der Waals surface area contributed by atoms with Crippen molar-refractivity contribution in [1.82, 2.24) is 5.32 Å². The van der Waals surface area contributed by atoms with Crippen LogP contribution in [0.15, 0.2) is 82.6 Å². The van der Waals surface area contributed by atoms with E-state index < -0.39 is 15.6 Å². The van der Waals surface area contributed by atoms with E-state index in [9.17, 15) is 13.2 Å². The van der Waals surface area contributed by atoms with Gasteiger partial charge in [-0.3, -0.25) is 9.10 Å². The van der Waals surface area contributed by atoms with Gasteiger partial charge < -0.3 is 10.1 Å². The average Bonchev–Trinajstić information content (AvgIpc) is 2.82. The van der Waals surface area contributed by atoms with Crippen molar-refractivity contribution in [3.63, 3.8) is 0 Å². The highest BCUT2D eigenvalue weighted by Crippen LogP contribution is 2.39. The molecule has 1 unspecified atom stereocenters. The van der Waals surface area contributed by atoms with E-state index in [1.54, 1.807) is 36.4 Å². The lowest BCUT2D eigenvalue weighted by molar-refractivity contribution is -0.120. The lowest BCUT2D eigenvalue weighted by atomic mass is 9.89. The normalized spacial score (nSPS) is 16.6. The largest absolute Gasteiger partial charge is 0.487 e. The molecule has 1 aliphatic rings. The highest BCUT2D eigenvalue weighted by molar-refractivity contribution is 7.98. The Hall–Kier alpha value is -2.97. The minimum atomic E-state index is -3.97. The highest BCUT2D eigenvalue weighted by atomic mass is 32.2. The molecule has 0 bridgehead atoms. The van der Waals surface area contributed by atoms with Crippen molar-refractivity contribution >= 4 is 33.4 Å². The van der Waals surface area contributed by atoms with Gasteiger partial charge in [0.2, 0.25) is 5.91 Å². The third kappa shape index (κ3) is 5.65. The number of amides is 1. The summed E-state index contributed by atoms with van der Waals surface area (Å²) in [7, 11) is -3.97. The van der Waals surface area contributed by atoms with Gasteiger partial charge in [0.05, 0.1) is 16.6 Å². The predicted molar refractivity (Wildman–Crippen MR) is 141 cm³/mol. The maximum atomic E-state index is 13.7. The molecule has 1 amide bonds. The van der Waals surface area contributed by atoms with E-state index in [0.717, 1.165) is 21.8 Å². The Balaban J connectivity index is 1.63. The molecule has 1 aliphatic heterocycles. The molecule has 8 heteroatoms. The number of anilines is 1. The Morgan fingerprint density at radius 1 is 1.06 bits per heavy atom. The third-order valence-corrected chi connectivity index (χ3v) is 8.50. The first-order chi connectivity index (χ1) is 16.6. The second-order valence-corrected chi connectivity index (χ2v) is 12.0. The first kappa shape index (κ1) is 25.1. The second kappa shape index (κ2) is 9.95. The van der Waals surface area contributed by atoms with Crippen LogP contribution in [0.4, 0.5) is 5.69 Å². The van der Waals surface area contributed by atoms with Crippen LogP contribution in [0, 0.1) is 6.92 Å². The maximum absolute atomic E-state index is 13.7. The summed E-state index contributed by atoms with van der Waals surface area (Å²) in [6, 6.07) is 21.2. The lowest BCUT2D eigenvalue weighted by Crippen LogP contribution is -2.45. The Kier molecular flexibility index (Phi) is 7.15. The van der Waals surface area contributed by atoms with Crippen LogP contribution in [0.2, 0.25) is 0 Å². The Labute approximate surface area is 211 Å². The molecule has 0 aliphatic carbocycles. The molecule has 4 rings (SSSR count). The van der Waals surface area contributed by atoms with Crippen molar-refractivity contribution in [3.8, 4) is 5.75 Å². The lowest BCUT2D eigenvalue weighted by Gasteiger charge is -2.38. The van der Waals surface area contributed by atoms with Crippen molar-refractivity contribution in [2.45, 2.75) is 48.6 Å². The predicted octanol–water partition coefficient (Wildman–Crippen LogP) is 5.33. The summed E-state index contributed by atoms with van der Waals surface area (Å²) in [5.41, 5.74) is 1.86. The van der Waals surface area contributed by atoms with Crippen LogP contribution in [0.3, 0.4) is 0 Å². The molecule has 0 fully saturated rings. The van der Waals surface area contributed by atoms with Crippen LogP contribution < -0.4 is 14.4 Å². The zero-order chi connectivity index (χ0) is 25.2. The first-order valence-corrected chi connectivity index (χ1v) is 14.1. The molecule has 0 radical (unpaired) electrons. The number of sulfonamides is 1. The maximum Gasteiger partial charge on any atom is 0.264 e. The third-order valence-electron chi connectivity index (χ3n) is 5.97. The van der Waals surface area contributed by atoms with E-state index in [1.165, 1.54) is 16.1 Å². The van der Waals surface area contributed by atoms with Crippen LogP contribution in [0.5, 0.6) is 5.75 Å². The molecule has 1 heterocycles. The molecule has 0 saturated carbocycles. The number of carbonyl (C=O) groups excluding carboxylic acids is 1. The molecular formula is C27H30N2O4S2. The molecule has 184 valence electrons. The minimum absolute atomic E-state index is 0.140. The Morgan fingerprint density at radius 3 is 2.37 bits per heavy atom. The number of fused-ring (bicyclic) bond motifs is 1. The topological polar surface area (TPSA) is 75.7 Å². The zero-order valence-corrected chi connectivity index (χ0v) is 21.9. The molecule has 35 heavy (non-hydrogen) atoms. The molecule has 1 atom stereocenters. The van der Waals surface area contributed by atoms with E-state index in [4.69, 9.17) is 4.74 Å². The van der Waals surface area contributed by atoms with Gasteiger partial charge >= 0.3 is 0 Å². The number of hydrogen-bond acceptors (Lipinski definition) is 5. The summed E-state index contributed by atoms with van der Waals surface area (Å²) in [5.74, 6) is 0.346. The van der Waals surface area contributed by atoms with Crippen LogP contribution in [-0.4, -0.2) is 32.7 Å².